The molecule has 1 unspecified atom stereocenters. The van der Waals surface area contributed by atoms with Gasteiger partial charge in [0.1, 0.15) is 6.20 Å². The van der Waals surface area contributed by atoms with Gasteiger partial charge < -0.3 is 10.1 Å². The summed E-state index contributed by atoms with van der Waals surface area (Å²) in [6.45, 7) is 2.31. The molecule has 2 rings (SSSR count). The second kappa shape index (κ2) is 5.13. The Bertz CT molecular complexity index is 398. The van der Waals surface area contributed by atoms with Crippen LogP contribution in [0.1, 0.15) is 12.8 Å². The molecular weight excluding hydrogens is 224 g/mol. The topological polar surface area (TPSA) is 82.2 Å². The van der Waals surface area contributed by atoms with Crippen LogP contribution in [0.4, 0.5) is 11.5 Å². The molecule has 7 nitrogen and oxygen atoms in total. The van der Waals surface area contributed by atoms with E-state index in [1.165, 1.54) is 10.9 Å². The molecule has 1 aromatic heterocycles. The second-order valence-electron chi connectivity index (χ2n) is 4.24. The Labute approximate surface area is 98.9 Å². The minimum Gasteiger partial charge on any atom is -0.381 e. The van der Waals surface area contributed by atoms with Gasteiger partial charge in [-0.15, -0.1) is 5.10 Å². The summed E-state index contributed by atoms with van der Waals surface area (Å²) >= 11 is 0. The van der Waals surface area contributed by atoms with Crippen molar-refractivity contribution in [3.8, 4) is 0 Å². The van der Waals surface area contributed by atoms with Gasteiger partial charge in [0.2, 0.25) is 5.82 Å². The molecule has 0 radical (unpaired) electrons. The molecule has 94 valence electrons. The maximum Gasteiger partial charge on any atom is 0.330 e. The highest BCUT2D eigenvalue weighted by Crippen LogP contribution is 2.22. The first kappa shape index (κ1) is 11.8. The van der Waals surface area contributed by atoms with Gasteiger partial charge in [-0.25, -0.2) is 0 Å². The van der Waals surface area contributed by atoms with Crippen LogP contribution in [0.2, 0.25) is 0 Å². The highest BCUT2D eigenvalue weighted by Gasteiger charge is 2.19. The number of hydrogen-bond donors (Lipinski definition) is 1. The van der Waals surface area contributed by atoms with E-state index in [-0.39, 0.29) is 5.69 Å². The van der Waals surface area contributed by atoms with E-state index in [1.54, 1.807) is 7.05 Å². The number of hydrogen-bond acceptors (Lipinski definition) is 5. The molecular formula is C10H16N4O3. The Morgan fingerprint density at radius 2 is 2.59 bits per heavy atom. The van der Waals surface area contributed by atoms with Gasteiger partial charge in [0, 0.05) is 26.8 Å². The maximum absolute atomic E-state index is 10.7. The fraction of sp³-hybridized carbons (Fsp3) is 0.700. The van der Waals surface area contributed by atoms with Crippen LogP contribution in [0.3, 0.4) is 0 Å². The summed E-state index contributed by atoms with van der Waals surface area (Å²) in [6, 6.07) is 0. The zero-order valence-electron chi connectivity index (χ0n) is 9.76. The molecule has 1 aliphatic heterocycles. The summed E-state index contributed by atoms with van der Waals surface area (Å²) in [7, 11) is 1.67. The van der Waals surface area contributed by atoms with Crippen LogP contribution in [-0.2, 0) is 11.8 Å². The molecule has 1 atom stereocenters. The van der Waals surface area contributed by atoms with Crippen molar-refractivity contribution in [2.45, 2.75) is 12.8 Å². The normalized spacial score (nSPS) is 19.5. The van der Waals surface area contributed by atoms with Gasteiger partial charge >= 0.3 is 5.69 Å². The highest BCUT2D eigenvalue weighted by atomic mass is 16.6. The third-order valence-corrected chi connectivity index (χ3v) is 2.88. The molecule has 0 spiro atoms. The molecule has 1 fully saturated rings. The number of nitrogens with one attached hydrogen (secondary N) is 1. The molecule has 0 aliphatic carbocycles. The fourth-order valence-electron chi connectivity index (χ4n) is 1.94. The Morgan fingerprint density at radius 3 is 3.24 bits per heavy atom. The minimum atomic E-state index is -0.423. The first-order chi connectivity index (χ1) is 8.16. The van der Waals surface area contributed by atoms with E-state index < -0.39 is 4.92 Å². The van der Waals surface area contributed by atoms with Gasteiger partial charge in [-0.1, -0.05) is 0 Å². The molecule has 0 aromatic carbocycles. The maximum atomic E-state index is 10.7. The van der Waals surface area contributed by atoms with E-state index in [2.05, 4.69) is 10.4 Å². The summed E-state index contributed by atoms with van der Waals surface area (Å²) in [4.78, 5) is 10.3. The van der Waals surface area contributed by atoms with Crippen LogP contribution in [-0.4, -0.2) is 34.5 Å². The van der Waals surface area contributed by atoms with Gasteiger partial charge in [0.25, 0.3) is 0 Å². The third kappa shape index (κ3) is 2.94. The average Bonchev–Trinajstić information content (AvgIpc) is 2.88. The van der Waals surface area contributed by atoms with Gasteiger partial charge in [-0.3, -0.25) is 14.8 Å². The lowest BCUT2D eigenvalue weighted by atomic mass is 10.1. The molecule has 0 bridgehead atoms. The van der Waals surface area contributed by atoms with Crippen molar-refractivity contribution < 1.29 is 9.66 Å². The predicted octanol–water partition coefficient (Wildman–Crippen LogP) is 1.17. The van der Waals surface area contributed by atoms with Crippen molar-refractivity contribution in [1.29, 1.82) is 0 Å². The van der Waals surface area contributed by atoms with E-state index in [9.17, 15) is 10.1 Å². The van der Waals surface area contributed by atoms with Crippen LogP contribution in [0.5, 0.6) is 0 Å². The van der Waals surface area contributed by atoms with Crippen molar-refractivity contribution in [2.24, 2.45) is 13.0 Å². The molecule has 1 aliphatic rings. The van der Waals surface area contributed by atoms with Crippen molar-refractivity contribution >= 4 is 11.5 Å². The molecule has 17 heavy (non-hydrogen) atoms. The van der Waals surface area contributed by atoms with E-state index in [1.807, 2.05) is 0 Å². The zero-order chi connectivity index (χ0) is 12.3. The molecule has 0 saturated carbocycles. The monoisotopic (exact) mass is 240 g/mol. The number of nitro groups is 1. The quantitative estimate of drug-likeness (QED) is 0.617. The van der Waals surface area contributed by atoms with Crippen LogP contribution in [0.25, 0.3) is 0 Å². The van der Waals surface area contributed by atoms with Crippen molar-refractivity contribution in [1.82, 2.24) is 9.78 Å². The standard InChI is InChI=1S/C10H16N4O3/c1-13-6-9(14(15)16)10(12-13)11-4-2-8-3-5-17-7-8/h6,8H,2-5,7H2,1H3,(H,11,12). The average molecular weight is 240 g/mol. The molecule has 1 saturated heterocycles. The smallest absolute Gasteiger partial charge is 0.330 e. The Balaban J connectivity index is 1.87. The molecule has 0 amide bonds. The zero-order valence-corrected chi connectivity index (χ0v) is 9.76. The largest absolute Gasteiger partial charge is 0.381 e. The van der Waals surface area contributed by atoms with Crippen LogP contribution in [0.15, 0.2) is 6.20 Å². The number of rotatable bonds is 5. The molecule has 7 heteroatoms. The van der Waals surface area contributed by atoms with Crippen molar-refractivity contribution in [3.05, 3.63) is 16.3 Å². The van der Waals surface area contributed by atoms with Gasteiger partial charge in [0.15, 0.2) is 0 Å². The fourth-order valence-corrected chi connectivity index (χ4v) is 1.94. The molecule has 1 N–H and O–H groups in total. The van der Waals surface area contributed by atoms with Crippen LogP contribution in [0, 0.1) is 16.0 Å². The Kier molecular flexibility index (Phi) is 3.58. The van der Waals surface area contributed by atoms with E-state index >= 15 is 0 Å². The lowest BCUT2D eigenvalue weighted by molar-refractivity contribution is -0.384. The van der Waals surface area contributed by atoms with E-state index in [0.29, 0.717) is 18.3 Å². The Morgan fingerprint density at radius 1 is 1.76 bits per heavy atom. The van der Waals surface area contributed by atoms with E-state index in [4.69, 9.17) is 4.74 Å². The summed E-state index contributed by atoms with van der Waals surface area (Å²) in [5, 5.41) is 17.8. The molecule has 2 heterocycles. The number of aryl methyl sites for hydroxylation is 1. The van der Waals surface area contributed by atoms with Crippen LogP contribution >= 0.6 is 0 Å². The highest BCUT2D eigenvalue weighted by molar-refractivity contribution is 5.54. The van der Waals surface area contributed by atoms with Gasteiger partial charge in [0.05, 0.1) is 4.92 Å². The predicted molar refractivity (Wildman–Crippen MR) is 61.9 cm³/mol. The van der Waals surface area contributed by atoms with Crippen molar-refractivity contribution in [3.63, 3.8) is 0 Å². The lowest BCUT2D eigenvalue weighted by Gasteiger charge is -2.07. The van der Waals surface area contributed by atoms with E-state index in [0.717, 1.165) is 26.1 Å². The minimum absolute atomic E-state index is 0.0233. The van der Waals surface area contributed by atoms with Crippen molar-refractivity contribution in [2.75, 3.05) is 25.1 Å². The summed E-state index contributed by atoms with van der Waals surface area (Å²) in [5.41, 5.74) is 0.0233. The summed E-state index contributed by atoms with van der Waals surface area (Å²) in [6.07, 6.45) is 3.43. The second-order valence-corrected chi connectivity index (χ2v) is 4.24. The number of anilines is 1. The first-order valence-electron chi connectivity index (χ1n) is 5.66. The van der Waals surface area contributed by atoms with Gasteiger partial charge in [-0.2, -0.15) is 0 Å². The molecule has 1 aromatic rings. The van der Waals surface area contributed by atoms with Crippen LogP contribution < -0.4 is 5.32 Å². The lowest BCUT2D eigenvalue weighted by Crippen LogP contribution is -2.10. The van der Waals surface area contributed by atoms with Gasteiger partial charge in [-0.05, 0) is 18.8 Å². The Hall–Kier alpha value is -1.63. The number of aromatic nitrogens is 2. The first-order valence-corrected chi connectivity index (χ1v) is 5.66. The number of ether oxygens (including phenoxy) is 1. The summed E-state index contributed by atoms with van der Waals surface area (Å²) < 4.78 is 6.71. The number of nitrogens with zero attached hydrogens (tertiary/aromatic N) is 3. The summed E-state index contributed by atoms with van der Waals surface area (Å²) in [5.74, 6) is 0.904. The SMILES string of the molecule is Cn1cc([N+](=O)[O-])c(NCCC2CCOC2)n1. The third-order valence-electron chi connectivity index (χ3n) is 2.88.